The summed E-state index contributed by atoms with van der Waals surface area (Å²) in [5, 5.41) is 1.31. The minimum atomic E-state index is 0.474. The molecular weight excluding hydrogens is 305 g/mol. The van der Waals surface area contributed by atoms with Gasteiger partial charge in [-0.3, -0.25) is 0 Å². The normalized spacial score (nSPS) is 14.8. The number of benzene rings is 2. The van der Waals surface area contributed by atoms with E-state index in [1.54, 1.807) is 0 Å². The van der Waals surface area contributed by atoms with Gasteiger partial charge < -0.3 is 10.3 Å². The van der Waals surface area contributed by atoms with Gasteiger partial charge in [-0.25, -0.2) is 4.98 Å². The largest absolute Gasteiger partial charge is 0.398 e. The van der Waals surface area contributed by atoms with Crippen LogP contribution >= 0.6 is 23.2 Å². The molecule has 2 aromatic carbocycles. The van der Waals surface area contributed by atoms with E-state index in [9.17, 15) is 0 Å². The number of rotatable bonds is 2. The lowest BCUT2D eigenvalue weighted by molar-refractivity contribution is 0.775. The zero-order valence-corrected chi connectivity index (χ0v) is 12.7. The summed E-state index contributed by atoms with van der Waals surface area (Å²) >= 11 is 12.4. The van der Waals surface area contributed by atoms with Crippen molar-refractivity contribution in [1.82, 2.24) is 9.55 Å². The Bertz CT molecular complexity index is 830. The summed E-state index contributed by atoms with van der Waals surface area (Å²) in [6.07, 6.45) is 2.32. The van der Waals surface area contributed by atoms with Gasteiger partial charge in [-0.1, -0.05) is 29.3 Å². The third kappa shape index (κ3) is 2.08. The molecule has 0 amide bonds. The van der Waals surface area contributed by atoms with Crippen LogP contribution in [0.4, 0.5) is 5.69 Å². The lowest BCUT2D eigenvalue weighted by Crippen LogP contribution is -2.00. The first-order chi connectivity index (χ1) is 10.1. The van der Waals surface area contributed by atoms with Crippen LogP contribution in [0.15, 0.2) is 36.4 Å². The number of fused-ring (bicyclic) bond motifs is 1. The molecule has 3 aromatic rings. The van der Waals surface area contributed by atoms with Gasteiger partial charge in [-0.15, -0.1) is 0 Å². The van der Waals surface area contributed by atoms with Gasteiger partial charge in [0.25, 0.3) is 0 Å². The first-order valence-corrected chi connectivity index (χ1v) is 7.62. The molecule has 1 saturated carbocycles. The smallest absolute Gasteiger partial charge is 0.144 e. The van der Waals surface area contributed by atoms with Crippen LogP contribution in [0.5, 0.6) is 0 Å². The molecule has 0 radical (unpaired) electrons. The van der Waals surface area contributed by atoms with Gasteiger partial charge >= 0.3 is 0 Å². The Kier molecular flexibility index (Phi) is 2.88. The zero-order chi connectivity index (χ0) is 14.6. The zero-order valence-electron chi connectivity index (χ0n) is 11.2. The maximum atomic E-state index is 6.36. The molecule has 21 heavy (non-hydrogen) atoms. The van der Waals surface area contributed by atoms with Crippen LogP contribution in [0.3, 0.4) is 0 Å². The lowest BCUT2D eigenvalue weighted by atomic mass is 10.1. The van der Waals surface area contributed by atoms with Gasteiger partial charge in [-0.2, -0.15) is 0 Å². The molecule has 0 spiro atoms. The number of nitrogen functional groups attached to an aromatic ring is 1. The molecule has 1 aromatic heterocycles. The highest BCUT2D eigenvalue weighted by atomic mass is 35.5. The summed E-state index contributed by atoms with van der Waals surface area (Å²) in [7, 11) is 0. The van der Waals surface area contributed by atoms with Crippen molar-refractivity contribution in [2.75, 3.05) is 5.73 Å². The maximum absolute atomic E-state index is 6.36. The number of anilines is 1. The highest BCUT2D eigenvalue weighted by Crippen LogP contribution is 2.44. The summed E-state index contributed by atoms with van der Waals surface area (Å²) in [5.74, 6) is 0.831. The summed E-state index contributed by atoms with van der Waals surface area (Å²) < 4.78 is 2.24. The third-order valence-electron chi connectivity index (χ3n) is 3.83. The van der Waals surface area contributed by atoms with Crippen molar-refractivity contribution >= 4 is 39.9 Å². The van der Waals surface area contributed by atoms with Gasteiger partial charge in [0.1, 0.15) is 5.82 Å². The molecule has 0 saturated heterocycles. The summed E-state index contributed by atoms with van der Waals surface area (Å²) in [6, 6.07) is 11.8. The molecule has 1 fully saturated rings. The fourth-order valence-corrected chi connectivity index (χ4v) is 3.16. The number of hydrogen-bond acceptors (Lipinski definition) is 2. The first kappa shape index (κ1) is 13.0. The Hall–Kier alpha value is -1.71. The van der Waals surface area contributed by atoms with E-state index >= 15 is 0 Å². The fraction of sp³-hybridized carbons (Fsp3) is 0.188. The monoisotopic (exact) mass is 317 g/mol. The van der Waals surface area contributed by atoms with E-state index in [-0.39, 0.29) is 0 Å². The van der Waals surface area contributed by atoms with Crippen LogP contribution in [0.25, 0.3) is 22.4 Å². The van der Waals surface area contributed by atoms with Gasteiger partial charge in [0.15, 0.2) is 0 Å². The predicted molar refractivity (Wildman–Crippen MR) is 87.9 cm³/mol. The second-order valence-electron chi connectivity index (χ2n) is 5.37. The van der Waals surface area contributed by atoms with Crippen LogP contribution in [-0.2, 0) is 0 Å². The molecule has 1 aliphatic rings. The van der Waals surface area contributed by atoms with Crippen molar-refractivity contribution in [3.05, 3.63) is 46.4 Å². The Balaban J connectivity index is 2.06. The minimum Gasteiger partial charge on any atom is -0.398 e. The SMILES string of the molecule is Nc1cccc(Cl)c1-c1nc2cc(Cl)ccc2n1C1CC1. The van der Waals surface area contributed by atoms with E-state index in [1.165, 1.54) is 0 Å². The highest BCUT2D eigenvalue weighted by molar-refractivity contribution is 6.34. The van der Waals surface area contributed by atoms with Crippen molar-refractivity contribution in [3.63, 3.8) is 0 Å². The van der Waals surface area contributed by atoms with E-state index in [1.807, 2.05) is 36.4 Å². The number of halogens is 2. The Labute approximate surface area is 132 Å². The average Bonchev–Trinajstić information content (AvgIpc) is 3.20. The fourth-order valence-electron chi connectivity index (χ4n) is 2.73. The number of nitrogens with two attached hydrogens (primary N) is 1. The molecule has 1 heterocycles. The van der Waals surface area contributed by atoms with Gasteiger partial charge in [0.05, 0.1) is 21.6 Å². The standard InChI is InChI=1S/C16H13Cl2N3/c17-9-4-7-14-13(8-9)20-16(21(14)10-5-6-10)15-11(18)2-1-3-12(15)19/h1-4,7-8,10H,5-6,19H2. The predicted octanol–water partition coefficient (Wildman–Crippen LogP) is 4.93. The summed E-state index contributed by atoms with van der Waals surface area (Å²) in [5.41, 5.74) is 9.54. The molecular formula is C16H13Cl2N3. The van der Waals surface area contributed by atoms with Crippen LogP contribution in [0.2, 0.25) is 10.0 Å². The topological polar surface area (TPSA) is 43.8 Å². The molecule has 2 N–H and O–H groups in total. The summed E-state index contributed by atoms with van der Waals surface area (Å²) in [4.78, 5) is 4.74. The van der Waals surface area contributed by atoms with Crippen molar-refractivity contribution in [3.8, 4) is 11.4 Å². The molecule has 0 atom stereocenters. The average molecular weight is 318 g/mol. The number of imidazole rings is 1. The summed E-state index contributed by atoms with van der Waals surface area (Å²) in [6.45, 7) is 0. The van der Waals surface area contributed by atoms with Crippen molar-refractivity contribution in [2.45, 2.75) is 18.9 Å². The second-order valence-corrected chi connectivity index (χ2v) is 6.22. The van der Waals surface area contributed by atoms with Gasteiger partial charge in [0.2, 0.25) is 0 Å². The Morgan fingerprint density at radius 3 is 2.67 bits per heavy atom. The van der Waals surface area contributed by atoms with E-state index < -0.39 is 0 Å². The van der Waals surface area contributed by atoms with Crippen LogP contribution in [0.1, 0.15) is 18.9 Å². The Morgan fingerprint density at radius 2 is 1.95 bits per heavy atom. The van der Waals surface area contributed by atoms with E-state index in [0.717, 1.165) is 35.3 Å². The third-order valence-corrected chi connectivity index (χ3v) is 4.38. The van der Waals surface area contributed by atoms with Gasteiger partial charge in [0, 0.05) is 16.8 Å². The number of aromatic nitrogens is 2. The van der Waals surface area contributed by atoms with E-state index in [4.69, 9.17) is 33.9 Å². The molecule has 1 aliphatic carbocycles. The quantitative estimate of drug-likeness (QED) is 0.681. The molecule has 0 aliphatic heterocycles. The van der Waals surface area contributed by atoms with Crippen molar-refractivity contribution < 1.29 is 0 Å². The van der Waals surface area contributed by atoms with Crippen LogP contribution in [0, 0.1) is 0 Å². The second kappa shape index (κ2) is 4.65. The van der Waals surface area contributed by atoms with Crippen molar-refractivity contribution in [1.29, 1.82) is 0 Å². The lowest BCUT2D eigenvalue weighted by Gasteiger charge is -2.11. The number of nitrogens with zero attached hydrogens (tertiary/aromatic N) is 2. The van der Waals surface area contributed by atoms with Crippen LogP contribution < -0.4 is 5.73 Å². The molecule has 106 valence electrons. The molecule has 5 heteroatoms. The molecule has 3 nitrogen and oxygen atoms in total. The minimum absolute atomic E-state index is 0.474. The van der Waals surface area contributed by atoms with E-state index in [2.05, 4.69) is 4.57 Å². The van der Waals surface area contributed by atoms with Crippen LogP contribution in [-0.4, -0.2) is 9.55 Å². The van der Waals surface area contributed by atoms with Gasteiger partial charge in [-0.05, 0) is 43.2 Å². The van der Waals surface area contributed by atoms with Crippen molar-refractivity contribution in [2.24, 2.45) is 0 Å². The maximum Gasteiger partial charge on any atom is 0.144 e. The molecule has 0 unspecified atom stereocenters. The molecule has 4 rings (SSSR count). The Morgan fingerprint density at radius 1 is 1.14 bits per heavy atom. The van der Waals surface area contributed by atoms with E-state index in [0.29, 0.717) is 21.8 Å². The first-order valence-electron chi connectivity index (χ1n) is 6.87. The number of hydrogen-bond donors (Lipinski definition) is 1. The molecule has 0 bridgehead atoms. The highest BCUT2D eigenvalue weighted by Gasteiger charge is 2.29.